The van der Waals surface area contributed by atoms with E-state index in [9.17, 15) is 9.59 Å². The molecule has 0 bridgehead atoms. The number of hydrogen-bond acceptors (Lipinski definition) is 2. The first-order chi connectivity index (χ1) is 14.8. The van der Waals surface area contributed by atoms with Crippen molar-refractivity contribution in [1.29, 1.82) is 0 Å². The fraction of sp³-hybridized carbons (Fsp3) is 0.462. The van der Waals surface area contributed by atoms with Crippen LogP contribution in [0.1, 0.15) is 61.3 Å². The highest BCUT2D eigenvalue weighted by Crippen LogP contribution is 2.19. The molecule has 2 aromatic carbocycles. The van der Waals surface area contributed by atoms with Crippen molar-refractivity contribution in [3.05, 3.63) is 69.7 Å². The minimum absolute atomic E-state index is 0.0514. The SMILES string of the molecule is Cc1ccc(CC(=O)N(Cc2ccc(Cl)cc2)C(C)C(=O)NC2CCCCC2)cc1C. The van der Waals surface area contributed by atoms with Gasteiger partial charge in [-0.2, -0.15) is 0 Å². The van der Waals surface area contributed by atoms with E-state index in [0.29, 0.717) is 11.6 Å². The van der Waals surface area contributed by atoms with Crippen LogP contribution < -0.4 is 5.32 Å². The van der Waals surface area contributed by atoms with Gasteiger partial charge in [-0.05, 0) is 68.0 Å². The van der Waals surface area contributed by atoms with Gasteiger partial charge in [0.1, 0.15) is 6.04 Å². The lowest BCUT2D eigenvalue weighted by Crippen LogP contribution is -2.50. The largest absolute Gasteiger partial charge is 0.352 e. The van der Waals surface area contributed by atoms with Gasteiger partial charge in [-0.3, -0.25) is 9.59 Å². The summed E-state index contributed by atoms with van der Waals surface area (Å²) < 4.78 is 0. The first-order valence-corrected chi connectivity index (χ1v) is 11.6. The topological polar surface area (TPSA) is 49.4 Å². The summed E-state index contributed by atoms with van der Waals surface area (Å²) in [5.74, 6) is -0.126. The van der Waals surface area contributed by atoms with Crippen LogP contribution >= 0.6 is 11.6 Å². The first kappa shape index (κ1) is 23.3. The second-order valence-electron chi connectivity index (χ2n) is 8.76. The van der Waals surface area contributed by atoms with Crippen LogP contribution in [0.25, 0.3) is 0 Å². The molecule has 1 N–H and O–H groups in total. The average molecular weight is 441 g/mol. The lowest BCUT2D eigenvalue weighted by molar-refractivity contribution is -0.140. The molecule has 1 aliphatic carbocycles. The zero-order valence-electron chi connectivity index (χ0n) is 18.8. The molecular weight excluding hydrogens is 408 g/mol. The molecule has 1 aliphatic rings. The number of hydrogen-bond donors (Lipinski definition) is 1. The third-order valence-electron chi connectivity index (χ3n) is 6.31. The van der Waals surface area contributed by atoms with E-state index in [1.165, 1.54) is 12.0 Å². The van der Waals surface area contributed by atoms with Crippen LogP contribution in [0.3, 0.4) is 0 Å². The standard InChI is InChI=1S/C26H33ClN2O2/c1-18-9-10-22(15-19(18)2)16-25(30)29(17-21-11-13-23(27)14-12-21)20(3)26(31)28-24-7-5-4-6-8-24/h9-15,20,24H,4-8,16-17H2,1-3H3,(H,28,31). The van der Waals surface area contributed by atoms with E-state index in [1.807, 2.05) is 43.3 Å². The minimum atomic E-state index is -0.545. The van der Waals surface area contributed by atoms with Crippen LogP contribution in [0.2, 0.25) is 5.02 Å². The maximum Gasteiger partial charge on any atom is 0.242 e. The predicted molar refractivity (Wildman–Crippen MR) is 126 cm³/mol. The molecule has 0 radical (unpaired) electrons. The highest BCUT2D eigenvalue weighted by Gasteiger charge is 2.28. The number of benzene rings is 2. The molecule has 31 heavy (non-hydrogen) atoms. The van der Waals surface area contributed by atoms with Crippen LogP contribution in [-0.2, 0) is 22.6 Å². The van der Waals surface area contributed by atoms with Crippen LogP contribution in [0.4, 0.5) is 0 Å². The van der Waals surface area contributed by atoms with Gasteiger partial charge in [0.05, 0.1) is 6.42 Å². The summed E-state index contributed by atoms with van der Waals surface area (Å²) in [5.41, 5.74) is 4.29. The van der Waals surface area contributed by atoms with Crippen molar-refractivity contribution in [3.8, 4) is 0 Å². The van der Waals surface area contributed by atoms with Gasteiger partial charge < -0.3 is 10.2 Å². The summed E-state index contributed by atoms with van der Waals surface area (Å²) >= 11 is 6.02. The van der Waals surface area contributed by atoms with Crippen LogP contribution in [0, 0.1) is 13.8 Å². The fourth-order valence-electron chi connectivity index (χ4n) is 4.13. The van der Waals surface area contributed by atoms with Crippen molar-refractivity contribution in [2.45, 2.75) is 77.9 Å². The molecule has 1 atom stereocenters. The molecule has 5 heteroatoms. The molecule has 2 aromatic rings. The fourth-order valence-corrected chi connectivity index (χ4v) is 4.25. The van der Waals surface area contributed by atoms with Crippen molar-refractivity contribution in [2.24, 2.45) is 0 Å². The van der Waals surface area contributed by atoms with E-state index in [-0.39, 0.29) is 24.3 Å². The normalized spacial score (nSPS) is 15.4. The molecule has 1 saturated carbocycles. The Hall–Kier alpha value is -2.33. The average Bonchev–Trinajstić information content (AvgIpc) is 2.76. The monoisotopic (exact) mass is 440 g/mol. The second-order valence-corrected chi connectivity index (χ2v) is 9.20. The van der Waals surface area contributed by atoms with Gasteiger partial charge in [-0.1, -0.05) is 61.2 Å². The Morgan fingerprint density at radius 1 is 1.00 bits per heavy atom. The van der Waals surface area contributed by atoms with Crippen molar-refractivity contribution in [1.82, 2.24) is 10.2 Å². The molecule has 0 heterocycles. The molecule has 0 saturated heterocycles. The highest BCUT2D eigenvalue weighted by molar-refractivity contribution is 6.30. The van der Waals surface area contributed by atoms with Gasteiger partial charge >= 0.3 is 0 Å². The van der Waals surface area contributed by atoms with Crippen LogP contribution in [-0.4, -0.2) is 28.8 Å². The Kier molecular flexibility index (Phi) is 8.14. The predicted octanol–water partition coefficient (Wildman–Crippen LogP) is 5.37. The van der Waals surface area contributed by atoms with Crippen molar-refractivity contribution < 1.29 is 9.59 Å². The van der Waals surface area contributed by atoms with E-state index in [4.69, 9.17) is 11.6 Å². The zero-order valence-corrected chi connectivity index (χ0v) is 19.5. The summed E-state index contributed by atoms with van der Waals surface area (Å²) in [7, 11) is 0. The number of nitrogens with zero attached hydrogens (tertiary/aromatic N) is 1. The third kappa shape index (κ3) is 6.57. The molecule has 1 unspecified atom stereocenters. The van der Waals surface area contributed by atoms with E-state index in [1.54, 1.807) is 4.90 Å². The summed E-state index contributed by atoms with van der Waals surface area (Å²) in [5, 5.41) is 3.83. The van der Waals surface area contributed by atoms with Crippen molar-refractivity contribution in [3.63, 3.8) is 0 Å². The molecule has 4 nitrogen and oxygen atoms in total. The van der Waals surface area contributed by atoms with Crippen molar-refractivity contribution in [2.75, 3.05) is 0 Å². The molecular formula is C26H33ClN2O2. The van der Waals surface area contributed by atoms with E-state index in [2.05, 4.69) is 25.2 Å². The maximum absolute atomic E-state index is 13.3. The number of carbonyl (C=O) groups is 2. The van der Waals surface area contributed by atoms with E-state index < -0.39 is 6.04 Å². The van der Waals surface area contributed by atoms with Gasteiger partial charge in [0, 0.05) is 17.6 Å². The number of amides is 2. The van der Waals surface area contributed by atoms with Crippen LogP contribution in [0.5, 0.6) is 0 Å². The molecule has 0 aromatic heterocycles. The summed E-state index contributed by atoms with van der Waals surface area (Å²) in [6.45, 7) is 6.31. The first-order valence-electron chi connectivity index (χ1n) is 11.2. The quantitative estimate of drug-likeness (QED) is 0.629. The van der Waals surface area contributed by atoms with Gasteiger partial charge in [-0.15, -0.1) is 0 Å². The molecule has 3 rings (SSSR count). The van der Waals surface area contributed by atoms with Gasteiger partial charge in [0.25, 0.3) is 0 Å². The molecule has 0 aliphatic heterocycles. The Morgan fingerprint density at radius 2 is 1.65 bits per heavy atom. The molecule has 166 valence electrons. The highest BCUT2D eigenvalue weighted by atomic mass is 35.5. The number of nitrogens with one attached hydrogen (secondary N) is 1. The number of aryl methyl sites for hydroxylation is 2. The Labute approximate surface area is 191 Å². The summed E-state index contributed by atoms with van der Waals surface area (Å²) in [4.78, 5) is 28.1. The Balaban J connectivity index is 1.76. The maximum atomic E-state index is 13.3. The lowest BCUT2D eigenvalue weighted by atomic mass is 9.95. The summed E-state index contributed by atoms with van der Waals surface area (Å²) in [6, 6.07) is 13.2. The van der Waals surface area contributed by atoms with Gasteiger partial charge in [0.15, 0.2) is 0 Å². The third-order valence-corrected chi connectivity index (χ3v) is 6.56. The minimum Gasteiger partial charge on any atom is -0.352 e. The zero-order chi connectivity index (χ0) is 22.4. The Morgan fingerprint density at radius 3 is 2.29 bits per heavy atom. The summed E-state index contributed by atoms with van der Waals surface area (Å²) in [6.07, 6.45) is 5.85. The second kappa shape index (κ2) is 10.8. The van der Waals surface area contributed by atoms with E-state index >= 15 is 0 Å². The van der Waals surface area contributed by atoms with E-state index in [0.717, 1.165) is 42.4 Å². The number of rotatable bonds is 7. The number of carbonyl (C=O) groups excluding carboxylic acids is 2. The van der Waals surface area contributed by atoms with Gasteiger partial charge in [-0.25, -0.2) is 0 Å². The van der Waals surface area contributed by atoms with Gasteiger partial charge in [0.2, 0.25) is 11.8 Å². The number of halogens is 1. The lowest BCUT2D eigenvalue weighted by Gasteiger charge is -2.31. The van der Waals surface area contributed by atoms with Crippen LogP contribution in [0.15, 0.2) is 42.5 Å². The smallest absolute Gasteiger partial charge is 0.242 e. The Bertz CT molecular complexity index is 904. The van der Waals surface area contributed by atoms with Crippen molar-refractivity contribution >= 4 is 23.4 Å². The molecule has 0 spiro atoms. The molecule has 1 fully saturated rings. The molecule has 2 amide bonds.